The SMILES string of the molecule is Cc1cc(OCCCC(=O)Nc2cc(S(C)(=O)=O)ccc2C)ccc1Cl. The molecule has 0 saturated heterocycles. The van der Waals surface area contributed by atoms with E-state index in [2.05, 4.69) is 5.32 Å². The standard InChI is InChI=1S/C19H22ClNO4S/c1-13-6-8-16(26(3,23)24)12-18(13)21-19(22)5-4-10-25-15-7-9-17(20)14(2)11-15/h6-9,11-12H,4-5,10H2,1-3H3,(H,21,22). The zero-order valence-corrected chi connectivity index (χ0v) is 16.6. The summed E-state index contributed by atoms with van der Waals surface area (Å²) in [5.74, 6) is 0.527. The van der Waals surface area contributed by atoms with Gasteiger partial charge in [0, 0.05) is 23.4 Å². The van der Waals surface area contributed by atoms with Crippen molar-refractivity contribution in [3.63, 3.8) is 0 Å². The number of carbonyl (C=O) groups excluding carboxylic acids is 1. The highest BCUT2D eigenvalue weighted by molar-refractivity contribution is 7.90. The second-order valence-corrected chi connectivity index (χ2v) is 8.58. The first-order valence-corrected chi connectivity index (χ1v) is 10.4. The molecule has 0 atom stereocenters. The second-order valence-electron chi connectivity index (χ2n) is 6.16. The second kappa shape index (κ2) is 8.56. The summed E-state index contributed by atoms with van der Waals surface area (Å²) in [6.45, 7) is 4.11. The van der Waals surface area contributed by atoms with Crippen LogP contribution in [0.4, 0.5) is 5.69 Å². The van der Waals surface area contributed by atoms with E-state index in [1.54, 1.807) is 18.2 Å². The lowest BCUT2D eigenvalue weighted by Gasteiger charge is -2.11. The van der Waals surface area contributed by atoms with Crippen molar-refractivity contribution in [1.82, 2.24) is 0 Å². The molecule has 0 unspecified atom stereocenters. The van der Waals surface area contributed by atoms with Gasteiger partial charge in [-0.15, -0.1) is 0 Å². The lowest BCUT2D eigenvalue weighted by Crippen LogP contribution is -2.14. The minimum Gasteiger partial charge on any atom is -0.494 e. The lowest BCUT2D eigenvalue weighted by atomic mass is 10.2. The number of aryl methyl sites for hydroxylation is 2. The highest BCUT2D eigenvalue weighted by Gasteiger charge is 2.11. The molecule has 0 aliphatic rings. The van der Waals surface area contributed by atoms with Crippen molar-refractivity contribution in [2.45, 2.75) is 31.6 Å². The molecule has 0 heterocycles. The zero-order valence-electron chi connectivity index (χ0n) is 15.0. The summed E-state index contributed by atoms with van der Waals surface area (Å²) in [5, 5.41) is 3.45. The van der Waals surface area contributed by atoms with Crippen LogP contribution < -0.4 is 10.1 Å². The van der Waals surface area contributed by atoms with Crippen molar-refractivity contribution in [3.8, 4) is 5.75 Å². The third kappa shape index (κ3) is 5.75. The molecule has 7 heteroatoms. The van der Waals surface area contributed by atoms with Gasteiger partial charge < -0.3 is 10.1 Å². The van der Waals surface area contributed by atoms with Crippen LogP contribution in [-0.2, 0) is 14.6 Å². The predicted molar refractivity (Wildman–Crippen MR) is 104 cm³/mol. The number of ether oxygens (including phenoxy) is 1. The maximum absolute atomic E-state index is 12.1. The van der Waals surface area contributed by atoms with Crippen molar-refractivity contribution in [1.29, 1.82) is 0 Å². The van der Waals surface area contributed by atoms with Crippen molar-refractivity contribution in [2.75, 3.05) is 18.2 Å². The normalized spacial score (nSPS) is 11.2. The van der Waals surface area contributed by atoms with E-state index >= 15 is 0 Å². The summed E-state index contributed by atoms with van der Waals surface area (Å²) in [4.78, 5) is 12.3. The third-order valence-corrected chi connectivity index (χ3v) is 5.39. The molecular weight excluding hydrogens is 374 g/mol. The van der Waals surface area contributed by atoms with Gasteiger partial charge in [0.1, 0.15) is 5.75 Å². The minimum atomic E-state index is -3.32. The van der Waals surface area contributed by atoms with Crippen LogP contribution in [0, 0.1) is 13.8 Å². The average Bonchev–Trinajstić information content (AvgIpc) is 2.56. The van der Waals surface area contributed by atoms with E-state index in [0.29, 0.717) is 29.5 Å². The van der Waals surface area contributed by atoms with Gasteiger partial charge in [-0.05, 0) is 61.7 Å². The fraction of sp³-hybridized carbons (Fsp3) is 0.316. The number of nitrogens with one attached hydrogen (secondary N) is 1. The maximum atomic E-state index is 12.1. The number of carbonyl (C=O) groups is 1. The number of benzene rings is 2. The summed E-state index contributed by atoms with van der Waals surface area (Å²) < 4.78 is 28.9. The van der Waals surface area contributed by atoms with Crippen LogP contribution in [0.2, 0.25) is 5.02 Å². The molecule has 140 valence electrons. The zero-order chi connectivity index (χ0) is 19.3. The number of rotatable bonds is 7. The Bertz CT molecular complexity index is 910. The molecule has 0 fully saturated rings. The third-order valence-electron chi connectivity index (χ3n) is 3.86. The molecule has 2 aromatic carbocycles. The van der Waals surface area contributed by atoms with E-state index in [4.69, 9.17) is 16.3 Å². The number of sulfone groups is 1. The molecular formula is C19H22ClNO4S. The highest BCUT2D eigenvalue weighted by atomic mass is 35.5. The fourth-order valence-electron chi connectivity index (χ4n) is 2.31. The van der Waals surface area contributed by atoms with E-state index in [1.807, 2.05) is 19.9 Å². The Labute approximate surface area is 159 Å². The lowest BCUT2D eigenvalue weighted by molar-refractivity contribution is -0.116. The van der Waals surface area contributed by atoms with Crippen LogP contribution in [0.15, 0.2) is 41.3 Å². The van der Waals surface area contributed by atoms with Crippen LogP contribution in [0.3, 0.4) is 0 Å². The minimum absolute atomic E-state index is 0.180. The van der Waals surface area contributed by atoms with Gasteiger partial charge in [0.25, 0.3) is 0 Å². The Morgan fingerprint density at radius 2 is 1.85 bits per heavy atom. The smallest absolute Gasteiger partial charge is 0.224 e. The number of halogens is 1. The Kier molecular flexibility index (Phi) is 6.67. The number of amides is 1. The average molecular weight is 396 g/mol. The van der Waals surface area contributed by atoms with Crippen LogP contribution in [0.1, 0.15) is 24.0 Å². The Morgan fingerprint density at radius 3 is 2.50 bits per heavy atom. The molecule has 2 aromatic rings. The van der Waals surface area contributed by atoms with Crippen LogP contribution in [0.25, 0.3) is 0 Å². The van der Waals surface area contributed by atoms with Crippen LogP contribution in [0.5, 0.6) is 5.75 Å². The topological polar surface area (TPSA) is 72.5 Å². The quantitative estimate of drug-likeness (QED) is 0.714. The first kappa shape index (κ1) is 20.3. The van der Waals surface area contributed by atoms with E-state index in [1.165, 1.54) is 12.1 Å². The fourth-order valence-corrected chi connectivity index (χ4v) is 3.07. The molecule has 0 spiro atoms. The molecule has 0 bridgehead atoms. The molecule has 2 rings (SSSR count). The van der Waals surface area contributed by atoms with E-state index in [-0.39, 0.29) is 17.2 Å². The summed E-state index contributed by atoms with van der Waals surface area (Å²) in [6.07, 6.45) is 1.95. The molecule has 0 saturated carbocycles. The molecule has 5 nitrogen and oxygen atoms in total. The summed E-state index contributed by atoms with van der Waals surface area (Å²) >= 11 is 5.97. The molecule has 1 N–H and O–H groups in total. The van der Waals surface area contributed by atoms with Gasteiger partial charge in [-0.3, -0.25) is 4.79 Å². The number of hydrogen-bond acceptors (Lipinski definition) is 4. The Morgan fingerprint density at radius 1 is 1.12 bits per heavy atom. The molecule has 0 aliphatic carbocycles. The molecule has 0 aromatic heterocycles. The van der Waals surface area contributed by atoms with Gasteiger partial charge in [0.05, 0.1) is 11.5 Å². The first-order valence-electron chi connectivity index (χ1n) is 8.16. The van der Waals surface area contributed by atoms with E-state index in [9.17, 15) is 13.2 Å². The van der Waals surface area contributed by atoms with E-state index in [0.717, 1.165) is 17.4 Å². The highest BCUT2D eigenvalue weighted by Crippen LogP contribution is 2.22. The molecule has 26 heavy (non-hydrogen) atoms. The summed E-state index contributed by atoms with van der Waals surface area (Å²) in [7, 11) is -3.32. The van der Waals surface area contributed by atoms with Gasteiger partial charge in [-0.1, -0.05) is 17.7 Å². The van der Waals surface area contributed by atoms with Gasteiger partial charge in [0.2, 0.25) is 5.91 Å². The summed E-state index contributed by atoms with van der Waals surface area (Å²) in [6, 6.07) is 10.1. The van der Waals surface area contributed by atoms with Crippen molar-refractivity contribution in [3.05, 3.63) is 52.5 Å². The Hall–Kier alpha value is -2.05. The van der Waals surface area contributed by atoms with E-state index < -0.39 is 9.84 Å². The number of hydrogen-bond donors (Lipinski definition) is 1. The molecule has 1 amide bonds. The largest absolute Gasteiger partial charge is 0.494 e. The Balaban J connectivity index is 1.86. The van der Waals surface area contributed by atoms with Gasteiger partial charge in [0.15, 0.2) is 9.84 Å². The van der Waals surface area contributed by atoms with Crippen molar-refractivity contribution < 1.29 is 17.9 Å². The van der Waals surface area contributed by atoms with Gasteiger partial charge in [-0.25, -0.2) is 8.42 Å². The maximum Gasteiger partial charge on any atom is 0.224 e. The van der Waals surface area contributed by atoms with Crippen LogP contribution in [-0.4, -0.2) is 27.2 Å². The van der Waals surface area contributed by atoms with Gasteiger partial charge >= 0.3 is 0 Å². The summed E-state index contributed by atoms with van der Waals surface area (Å²) in [5.41, 5.74) is 2.24. The van der Waals surface area contributed by atoms with Crippen LogP contribution >= 0.6 is 11.6 Å². The molecule has 0 radical (unpaired) electrons. The molecule has 0 aliphatic heterocycles. The van der Waals surface area contributed by atoms with Gasteiger partial charge in [-0.2, -0.15) is 0 Å². The predicted octanol–water partition coefficient (Wildman–Crippen LogP) is 4.16. The number of anilines is 1. The van der Waals surface area contributed by atoms with Crippen molar-refractivity contribution in [2.24, 2.45) is 0 Å². The monoisotopic (exact) mass is 395 g/mol. The van der Waals surface area contributed by atoms with Crippen molar-refractivity contribution >= 4 is 33.0 Å². The first-order chi connectivity index (χ1) is 12.2.